The van der Waals surface area contributed by atoms with E-state index in [4.69, 9.17) is 5.26 Å². The van der Waals surface area contributed by atoms with Crippen LogP contribution in [0.4, 0.5) is 0 Å². The van der Waals surface area contributed by atoms with Crippen molar-refractivity contribution < 1.29 is 0 Å². The van der Waals surface area contributed by atoms with Crippen molar-refractivity contribution in [2.75, 3.05) is 13.1 Å². The lowest BCUT2D eigenvalue weighted by Gasteiger charge is -2.42. The maximum absolute atomic E-state index is 8.95. The van der Waals surface area contributed by atoms with Crippen molar-refractivity contribution in [2.45, 2.75) is 19.9 Å². The molecule has 1 saturated heterocycles. The first-order chi connectivity index (χ1) is 10.4. The van der Waals surface area contributed by atoms with E-state index in [0.717, 1.165) is 13.1 Å². The summed E-state index contributed by atoms with van der Waals surface area (Å²) in [5.41, 5.74) is 2.59. The topological polar surface area (TPSA) is 27.0 Å². The Bertz CT molecular complexity index is 526. The van der Waals surface area contributed by atoms with Gasteiger partial charge in [0.2, 0.25) is 0 Å². The van der Waals surface area contributed by atoms with Crippen LogP contribution in [0.5, 0.6) is 0 Å². The highest BCUT2D eigenvalue weighted by Crippen LogP contribution is 2.33. The number of nitriles is 1. The minimum Gasteiger partial charge on any atom is -0.290 e. The number of benzene rings is 2. The summed E-state index contributed by atoms with van der Waals surface area (Å²) in [5, 5.41) is 8.95. The Morgan fingerprint density at radius 2 is 1.33 bits per heavy atom. The fourth-order valence-electron chi connectivity index (χ4n) is 2.69. The van der Waals surface area contributed by atoms with E-state index in [0.29, 0.717) is 0 Å². The van der Waals surface area contributed by atoms with E-state index in [9.17, 15) is 0 Å². The lowest BCUT2D eigenvalue weighted by atomic mass is 9.91. The van der Waals surface area contributed by atoms with Gasteiger partial charge in [0.25, 0.3) is 0 Å². The quantitative estimate of drug-likeness (QED) is 0.839. The molecule has 21 heavy (non-hydrogen) atoms. The number of hydrogen-bond acceptors (Lipinski definition) is 2. The van der Waals surface area contributed by atoms with Gasteiger partial charge in [0.15, 0.2) is 0 Å². The van der Waals surface area contributed by atoms with Crippen molar-refractivity contribution in [2.24, 2.45) is 5.92 Å². The molecule has 108 valence electrons. The average molecular weight is 278 g/mol. The van der Waals surface area contributed by atoms with Crippen LogP contribution in [-0.4, -0.2) is 18.0 Å². The molecule has 2 aromatic rings. The van der Waals surface area contributed by atoms with Gasteiger partial charge in [-0.3, -0.25) is 4.90 Å². The standard InChI is InChI=1S/C17H16N2.C2H6/c18-11-14-12-19(13-14)17(15-7-3-1-4-8-15)16-9-5-2-6-10-16;1-2/h1-10,14,17H,12-13H2;1-2H3. The summed E-state index contributed by atoms with van der Waals surface area (Å²) < 4.78 is 0. The van der Waals surface area contributed by atoms with Gasteiger partial charge >= 0.3 is 0 Å². The highest BCUT2D eigenvalue weighted by molar-refractivity contribution is 5.32. The number of nitrogens with zero attached hydrogens (tertiary/aromatic N) is 2. The van der Waals surface area contributed by atoms with Crippen molar-refractivity contribution in [3.05, 3.63) is 71.8 Å². The van der Waals surface area contributed by atoms with Crippen molar-refractivity contribution in [3.8, 4) is 6.07 Å². The molecule has 0 amide bonds. The molecule has 0 aliphatic carbocycles. The Hall–Kier alpha value is -2.11. The molecule has 0 aromatic heterocycles. The van der Waals surface area contributed by atoms with Crippen LogP contribution in [-0.2, 0) is 0 Å². The van der Waals surface area contributed by atoms with Gasteiger partial charge in [-0.1, -0.05) is 74.5 Å². The van der Waals surface area contributed by atoms with E-state index in [2.05, 4.69) is 59.5 Å². The number of rotatable bonds is 3. The van der Waals surface area contributed by atoms with Crippen molar-refractivity contribution >= 4 is 0 Å². The van der Waals surface area contributed by atoms with Crippen molar-refractivity contribution in [3.63, 3.8) is 0 Å². The summed E-state index contributed by atoms with van der Waals surface area (Å²) in [4.78, 5) is 2.37. The molecule has 0 radical (unpaired) electrons. The number of likely N-dealkylation sites (tertiary alicyclic amines) is 1. The summed E-state index contributed by atoms with van der Waals surface area (Å²) >= 11 is 0. The van der Waals surface area contributed by atoms with Gasteiger partial charge in [-0.05, 0) is 11.1 Å². The van der Waals surface area contributed by atoms with Gasteiger partial charge < -0.3 is 0 Å². The van der Waals surface area contributed by atoms with E-state index in [1.54, 1.807) is 0 Å². The zero-order valence-corrected chi connectivity index (χ0v) is 12.7. The molecule has 1 heterocycles. The molecule has 0 unspecified atom stereocenters. The van der Waals surface area contributed by atoms with Crippen LogP contribution in [0.2, 0.25) is 0 Å². The lowest BCUT2D eigenvalue weighted by Crippen LogP contribution is -2.48. The first kappa shape index (κ1) is 15.3. The van der Waals surface area contributed by atoms with E-state index in [-0.39, 0.29) is 12.0 Å². The van der Waals surface area contributed by atoms with Crippen molar-refractivity contribution in [1.82, 2.24) is 4.90 Å². The highest BCUT2D eigenvalue weighted by Gasteiger charge is 2.33. The van der Waals surface area contributed by atoms with Crippen LogP contribution in [0, 0.1) is 17.2 Å². The second-order valence-corrected chi connectivity index (χ2v) is 5.00. The maximum Gasteiger partial charge on any atom is 0.0718 e. The Morgan fingerprint density at radius 3 is 1.71 bits per heavy atom. The van der Waals surface area contributed by atoms with Crippen LogP contribution in [0.1, 0.15) is 31.0 Å². The average Bonchev–Trinajstić information content (AvgIpc) is 2.54. The lowest BCUT2D eigenvalue weighted by molar-refractivity contribution is 0.0992. The summed E-state index contributed by atoms with van der Waals surface area (Å²) in [5.74, 6) is 0.190. The van der Waals surface area contributed by atoms with Gasteiger partial charge in [0, 0.05) is 13.1 Å². The summed E-state index contributed by atoms with van der Waals surface area (Å²) in [6, 6.07) is 23.7. The molecule has 0 saturated carbocycles. The normalized spacial score (nSPS) is 14.8. The Labute approximate surface area is 127 Å². The molecule has 2 heteroatoms. The third kappa shape index (κ3) is 3.51. The van der Waals surface area contributed by atoms with Gasteiger partial charge in [0.05, 0.1) is 18.0 Å². The highest BCUT2D eigenvalue weighted by atomic mass is 15.2. The van der Waals surface area contributed by atoms with Crippen LogP contribution in [0.15, 0.2) is 60.7 Å². The monoisotopic (exact) mass is 278 g/mol. The molecule has 3 rings (SSSR count). The molecular weight excluding hydrogens is 256 g/mol. The van der Waals surface area contributed by atoms with Crippen LogP contribution in [0.3, 0.4) is 0 Å². The fourth-order valence-corrected chi connectivity index (χ4v) is 2.69. The van der Waals surface area contributed by atoms with E-state index < -0.39 is 0 Å². The third-order valence-electron chi connectivity index (χ3n) is 3.69. The van der Waals surface area contributed by atoms with Gasteiger partial charge in [-0.25, -0.2) is 0 Å². The molecule has 1 aliphatic heterocycles. The molecule has 0 atom stereocenters. The summed E-state index contributed by atoms with van der Waals surface area (Å²) in [6.45, 7) is 5.73. The van der Waals surface area contributed by atoms with E-state index >= 15 is 0 Å². The van der Waals surface area contributed by atoms with Gasteiger partial charge in [-0.2, -0.15) is 5.26 Å². The van der Waals surface area contributed by atoms with Crippen LogP contribution >= 0.6 is 0 Å². The maximum atomic E-state index is 8.95. The van der Waals surface area contributed by atoms with E-state index in [1.807, 2.05) is 26.0 Å². The third-order valence-corrected chi connectivity index (χ3v) is 3.69. The minimum absolute atomic E-state index is 0.190. The zero-order valence-electron chi connectivity index (χ0n) is 12.7. The molecule has 1 fully saturated rings. The number of hydrogen-bond donors (Lipinski definition) is 0. The molecule has 0 N–H and O–H groups in total. The predicted octanol–water partition coefficient (Wildman–Crippen LogP) is 4.26. The minimum atomic E-state index is 0.190. The Kier molecular flexibility index (Phi) is 5.54. The van der Waals surface area contributed by atoms with Crippen molar-refractivity contribution in [1.29, 1.82) is 5.26 Å². The molecule has 1 aliphatic rings. The molecule has 0 spiro atoms. The molecule has 2 nitrogen and oxygen atoms in total. The molecular formula is C19H22N2. The smallest absolute Gasteiger partial charge is 0.0718 e. The van der Waals surface area contributed by atoms with E-state index in [1.165, 1.54) is 11.1 Å². The first-order valence-corrected chi connectivity index (χ1v) is 7.62. The Balaban J connectivity index is 0.000000774. The fraction of sp³-hybridized carbons (Fsp3) is 0.316. The Morgan fingerprint density at radius 1 is 0.905 bits per heavy atom. The second kappa shape index (κ2) is 7.61. The summed E-state index contributed by atoms with van der Waals surface area (Å²) in [6.07, 6.45) is 0. The van der Waals surface area contributed by atoms with Crippen LogP contribution < -0.4 is 0 Å². The predicted molar refractivity (Wildman–Crippen MR) is 86.8 cm³/mol. The zero-order chi connectivity index (χ0) is 15.1. The molecule has 0 bridgehead atoms. The van der Waals surface area contributed by atoms with Crippen LogP contribution in [0.25, 0.3) is 0 Å². The van der Waals surface area contributed by atoms with Gasteiger partial charge in [-0.15, -0.1) is 0 Å². The largest absolute Gasteiger partial charge is 0.290 e. The first-order valence-electron chi connectivity index (χ1n) is 7.62. The van der Waals surface area contributed by atoms with Gasteiger partial charge in [0.1, 0.15) is 0 Å². The molecule has 2 aromatic carbocycles. The second-order valence-electron chi connectivity index (χ2n) is 5.00. The SMILES string of the molecule is CC.N#CC1CN(C(c2ccccc2)c2ccccc2)C1. The summed E-state index contributed by atoms with van der Waals surface area (Å²) in [7, 11) is 0.